The van der Waals surface area contributed by atoms with Gasteiger partial charge in [-0.2, -0.15) is 11.8 Å². The predicted molar refractivity (Wildman–Crippen MR) is 122 cm³/mol. The number of nitrogens with one attached hydrogen (secondary N) is 2. The number of hydrogen-bond donors (Lipinski definition) is 2. The van der Waals surface area contributed by atoms with E-state index in [0.29, 0.717) is 18.2 Å². The third-order valence-corrected chi connectivity index (χ3v) is 5.00. The van der Waals surface area contributed by atoms with E-state index in [1.807, 2.05) is 17.8 Å². The van der Waals surface area contributed by atoms with Crippen molar-refractivity contribution in [2.75, 3.05) is 19.8 Å². The molecule has 5 nitrogen and oxygen atoms in total. The first-order valence-corrected chi connectivity index (χ1v) is 9.52. The molecule has 0 saturated heterocycles. The molecule has 0 fully saturated rings. The average molecular weight is 504 g/mol. The second kappa shape index (κ2) is 11.3. The number of thioether (sulfide) groups is 1. The smallest absolute Gasteiger partial charge is 0.219 e. The highest BCUT2D eigenvalue weighted by atomic mass is 127. The van der Waals surface area contributed by atoms with Crippen molar-refractivity contribution in [1.29, 1.82) is 0 Å². The number of aliphatic imine (C=N–C) groups is 1. The maximum absolute atomic E-state index is 12.9. The van der Waals surface area contributed by atoms with Crippen molar-refractivity contribution < 1.29 is 9.13 Å². The van der Waals surface area contributed by atoms with Gasteiger partial charge >= 0.3 is 0 Å². The van der Waals surface area contributed by atoms with Crippen LogP contribution in [0.5, 0.6) is 11.6 Å². The molecule has 0 atom stereocenters. The van der Waals surface area contributed by atoms with Crippen molar-refractivity contribution in [3.05, 3.63) is 54.0 Å². The molecule has 0 saturated carbocycles. The number of ether oxygens (including phenoxy) is 1. The fourth-order valence-corrected chi connectivity index (χ4v) is 2.19. The minimum Gasteiger partial charge on any atom is -0.439 e. The Balaban J connectivity index is 0.00000364. The summed E-state index contributed by atoms with van der Waals surface area (Å²) in [6.45, 7) is 5.78. The van der Waals surface area contributed by atoms with Crippen LogP contribution in [-0.4, -0.2) is 35.5 Å². The molecule has 0 aliphatic carbocycles. The highest BCUT2D eigenvalue weighted by molar-refractivity contribution is 14.0. The summed E-state index contributed by atoms with van der Waals surface area (Å²) < 4.78 is 18.6. The summed E-state index contributed by atoms with van der Waals surface area (Å²) >= 11 is 1.81. The van der Waals surface area contributed by atoms with E-state index < -0.39 is 0 Å². The third-order valence-electron chi connectivity index (χ3n) is 3.75. The lowest BCUT2D eigenvalue weighted by Crippen LogP contribution is -2.42. The molecule has 0 aliphatic rings. The van der Waals surface area contributed by atoms with Gasteiger partial charge in [-0.3, -0.25) is 4.99 Å². The Morgan fingerprint density at radius 2 is 1.89 bits per heavy atom. The van der Waals surface area contributed by atoms with Crippen LogP contribution in [0.3, 0.4) is 0 Å². The number of halogens is 2. The Kier molecular flexibility index (Phi) is 9.86. The first-order chi connectivity index (χ1) is 12.4. The van der Waals surface area contributed by atoms with Crippen LogP contribution in [0.4, 0.5) is 4.39 Å². The van der Waals surface area contributed by atoms with Crippen LogP contribution < -0.4 is 15.4 Å². The fraction of sp³-hybridized carbons (Fsp3) is 0.368. The maximum atomic E-state index is 12.9. The van der Waals surface area contributed by atoms with E-state index in [0.717, 1.165) is 18.1 Å². The summed E-state index contributed by atoms with van der Waals surface area (Å²) in [6.07, 6.45) is 3.84. The molecule has 2 N–H and O–H groups in total. The molecule has 0 spiro atoms. The molecule has 0 aliphatic heterocycles. The Bertz CT molecular complexity index is 723. The molecule has 0 radical (unpaired) electrons. The molecule has 1 aromatic carbocycles. The van der Waals surface area contributed by atoms with E-state index in [4.69, 9.17) is 4.74 Å². The Labute approximate surface area is 181 Å². The van der Waals surface area contributed by atoms with Crippen molar-refractivity contribution in [3.8, 4) is 11.6 Å². The van der Waals surface area contributed by atoms with Gasteiger partial charge in [0.25, 0.3) is 0 Å². The van der Waals surface area contributed by atoms with Crippen molar-refractivity contribution >= 4 is 41.7 Å². The number of guanidine groups is 1. The van der Waals surface area contributed by atoms with Gasteiger partial charge in [-0.05, 0) is 49.9 Å². The van der Waals surface area contributed by atoms with Crippen molar-refractivity contribution in [2.24, 2.45) is 4.99 Å². The predicted octanol–water partition coefficient (Wildman–Crippen LogP) is 4.44. The summed E-state index contributed by atoms with van der Waals surface area (Å²) in [6, 6.07) is 9.55. The van der Waals surface area contributed by atoms with Crippen LogP contribution in [0.2, 0.25) is 0 Å². The van der Waals surface area contributed by atoms with Crippen LogP contribution in [0.25, 0.3) is 0 Å². The monoisotopic (exact) mass is 504 g/mol. The van der Waals surface area contributed by atoms with E-state index in [-0.39, 0.29) is 34.5 Å². The topological polar surface area (TPSA) is 58.5 Å². The lowest BCUT2D eigenvalue weighted by Gasteiger charge is -2.23. The van der Waals surface area contributed by atoms with Crippen LogP contribution >= 0.6 is 35.7 Å². The number of nitrogens with zero attached hydrogens (tertiary/aromatic N) is 2. The zero-order chi connectivity index (χ0) is 19.0. The highest BCUT2D eigenvalue weighted by Crippen LogP contribution is 2.20. The first kappa shape index (κ1) is 23.5. The minimum atomic E-state index is -0.297. The second-order valence-electron chi connectivity index (χ2n) is 6.30. The molecule has 2 rings (SSSR count). The number of pyridine rings is 1. The van der Waals surface area contributed by atoms with Gasteiger partial charge in [-0.15, -0.1) is 24.0 Å². The van der Waals surface area contributed by atoms with Gasteiger partial charge in [0.05, 0.1) is 0 Å². The zero-order valence-corrected chi connectivity index (χ0v) is 19.1. The lowest BCUT2D eigenvalue weighted by molar-refractivity contribution is 0.461. The van der Waals surface area contributed by atoms with Crippen LogP contribution in [-0.2, 0) is 6.54 Å². The largest absolute Gasteiger partial charge is 0.439 e. The van der Waals surface area contributed by atoms with Gasteiger partial charge in [-0.1, -0.05) is 6.07 Å². The summed E-state index contributed by atoms with van der Waals surface area (Å²) in [7, 11) is 1.75. The second-order valence-corrected chi connectivity index (χ2v) is 7.82. The number of hydrogen-bond acceptors (Lipinski definition) is 4. The van der Waals surface area contributed by atoms with Gasteiger partial charge in [0, 0.05) is 37.1 Å². The fourth-order valence-electron chi connectivity index (χ4n) is 1.97. The zero-order valence-electron chi connectivity index (χ0n) is 16.0. The van der Waals surface area contributed by atoms with Gasteiger partial charge in [0.2, 0.25) is 5.88 Å². The summed E-state index contributed by atoms with van der Waals surface area (Å²) in [5.41, 5.74) is 1.00. The third kappa shape index (κ3) is 8.34. The number of benzene rings is 1. The minimum absolute atomic E-state index is 0. The SMILES string of the molecule is CN=C(NCc1ccc(Oc2ccc(F)cc2)nc1)NCC(C)(C)SC.I. The molecule has 1 heterocycles. The van der Waals surface area contributed by atoms with Gasteiger partial charge in [0.1, 0.15) is 11.6 Å². The summed E-state index contributed by atoms with van der Waals surface area (Å²) in [4.78, 5) is 8.51. The Hall–Kier alpha value is -1.55. The van der Waals surface area contributed by atoms with Gasteiger partial charge in [-0.25, -0.2) is 9.37 Å². The quantitative estimate of drug-likeness (QED) is 0.332. The average Bonchev–Trinajstić information content (AvgIpc) is 2.65. The molecule has 0 unspecified atom stereocenters. The Morgan fingerprint density at radius 1 is 1.19 bits per heavy atom. The van der Waals surface area contributed by atoms with Gasteiger partial charge < -0.3 is 15.4 Å². The standard InChI is InChI=1S/C19H25FN4OS.HI/c1-19(2,26-4)13-24-18(21-3)23-12-14-5-10-17(22-11-14)25-16-8-6-15(20)7-9-16;/h5-11H,12-13H2,1-4H3,(H2,21,23,24);1H. The molecule has 0 bridgehead atoms. The molecule has 2 aromatic rings. The highest BCUT2D eigenvalue weighted by Gasteiger charge is 2.16. The van der Waals surface area contributed by atoms with E-state index in [1.54, 1.807) is 31.4 Å². The maximum Gasteiger partial charge on any atom is 0.219 e. The lowest BCUT2D eigenvalue weighted by atomic mass is 10.2. The van der Waals surface area contributed by atoms with Gasteiger partial charge in [0.15, 0.2) is 5.96 Å². The van der Waals surface area contributed by atoms with Crippen LogP contribution in [0.1, 0.15) is 19.4 Å². The number of aromatic nitrogens is 1. The van der Waals surface area contributed by atoms with Crippen molar-refractivity contribution in [1.82, 2.24) is 15.6 Å². The summed E-state index contributed by atoms with van der Waals surface area (Å²) in [5, 5.41) is 6.59. The Morgan fingerprint density at radius 3 is 2.44 bits per heavy atom. The van der Waals surface area contributed by atoms with Crippen LogP contribution in [0.15, 0.2) is 47.6 Å². The first-order valence-electron chi connectivity index (χ1n) is 8.30. The van der Waals surface area contributed by atoms with Crippen molar-refractivity contribution in [2.45, 2.75) is 25.1 Å². The van der Waals surface area contributed by atoms with E-state index >= 15 is 0 Å². The van der Waals surface area contributed by atoms with E-state index in [2.05, 4.69) is 40.7 Å². The molecular weight excluding hydrogens is 478 g/mol. The van der Waals surface area contributed by atoms with Crippen LogP contribution in [0, 0.1) is 5.82 Å². The summed E-state index contributed by atoms with van der Waals surface area (Å²) in [5.74, 6) is 1.46. The number of rotatable bonds is 7. The molecule has 1 aromatic heterocycles. The molecule has 8 heteroatoms. The molecule has 0 amide bonds. The van der Waals surface area contributed by atoms with E-state index in [9.17, 15) is 4.39 Å². The normalized spacial score (nSPS) is 11.5. The molecular formula is C19H26FIN4OS. The van der Waals surface area contributed by atoms with E-state index in [1.165, 1.54) is 12.1 Å². The molecule has 27 heavy (non-hydrogen) atoms. The molecule has 148 valence electrons. The van der Waals surface area contributed by atoms with Crippen molar-refractivity contribution in [3.63, 3.8) is 0 Å².